The molecular formula is C17H20N4O4S. The van der Waals surface area contributed by atoms with Gasteiger partial charge in [-0.05, 0) is 42.0 Å². The first kappa shape index (κ1) is 19.4. The van der Waals surface area contributed by atoms with Gasteiger partial charge in [0.1, 0.15) is 6.54 Å². The molecule has 0 fully saturated rings. The van der Waals surface area contributed by atoms with Crippen LogP contribution in [0.3, 0.4) is 0 Å². The highest BCUT2D eigenvalue weighted by molar-refractivity contribution is 7.92. The molecule has 1 aromatic heterocycles. The van der Waals surface area contributed by atoms with E-state index in [1.54, 1.807) is 36.7 Å². The summed E-state index contributed by atoms with van der Waals surface area (Å²) in [6.45, 7) is 1.31. The lowest BCUT2D eigenvalue weighted by Gasteiger charge is -2.22. The Morgan fingerprint density at radius 1 is 1.08 bits per heavy atom. The van der Waals surface area contributed by atoms with Gasteiger partial charge >= 0.3 is 0 Å². The zero-order chi connectivity index (χ0) is 19.2. The number of sulfonamides is 1. The summed E-state index contributed by atoms with van der Waals surface area (Å²) in [6, 6.07) is 9.73. The van der Waals surface area contributed by atoms with Crippen molar-refractivity contribution in [2.24, 2.45) is 0 Å². The number of hydrogen-bond acceptors (Lipinski definition) is 5. The van der Waals surface area contributed by atoms with Crippen molar-refractivity contribution in [3.05, 3.63) is 54.4 Å². The first-order valence-corrected chi connectivity index (χ1v) is 9.61. The molecule has 1 heterocycles. The minimum Gasteiger partial charge on any atom is -0.350 e. The molecule has 26 heavy (non-hydrogen) atoms. The molecule has 138 valence electrons. The van der Waals surface area contributed by atoms with E-state index in [4.69, 9.17) is 0 Å². The van der Waals surface area contributed by atoms with E-state index in [1.165, 1.54) is 19.1 Å². The molecule has 2 N–H and O–H groups in total. The highest BCUT2D eigenvalue weighted by Crippen LogP contribution is 2.20. The summed E-state index contributed by atoms with van der Waals surface area (Å²) in [5, 5.41) is 5.28. The van der Waals surface area contributed by atoms with Crippen LogP contribution in [0.4, 0.5) is 11.4 Å². The molecule has 0 spiro atoms. The first-order chi connectivity index (χ1) is 12.3. The Morgan fingerprint density at radius 3 is 2.23 bits per heavy atom. The minimum absolute atomic E-state index is 0.229. The molecule has 0 atom stereocenters. The van der Waals surface area contributed by atoms with Crippen molar-refractivity contribution in [1.29, 1.82) is 0 Å². The molecule has 9 heteroatoms. The van der Waals surface area contributed by atoms with Gasteiger partial charge in [-0.2, -0.15) is 0 Å². The SMILES string of the molecule is CC(=O)Nc1ccc(N(CC(=O)NCc2ccncc2)S(C)(=O)=O)cc1. The molecule has 0 bridgehead atoms. The molecule has 0 saturated heterocycles. The molecule has 2 aromatic rings. The van der Waals surface area contributed by atoms with Crippen molar-refractivity contribution in [3.8, 4) is 0 Å². The molecule has 2 amide bonds. The lowest BCUT2D eigenvalue weighted by molar-refractivity contribution is -0.119. The number of benzene rings is 1. The van der Waals surface area contributed by atoms with E-state index in [0.717, 1.165) is 16.1 Å². The van der Waals surface area contributed by atoms with Gasteiger partial charge in [-0.1, -0.05) is 0 Å². The molecule has 0 radical (unpaired) electrons. The van der Waals surface area contributed by atoms with E-state index in [9.17, 15) is 18.0 Å². The molecule has 0 unspecified atom stereocenters. The maximum absolute atomic E-state index is 12.2. The van der Waals surface area contributed by atoms with Gasteiger partial charge in [-0.3, -0.25) is 18.9 Å². The summed E-state index contributed by atoms with van der Waals surface area (Å²) < 4.78 is 25.2. The quantitative estimate of drug-likeness (QED) is 0.753. The topological polar surface area (TPSA) is 108 Å². The van der Waals surface area contributed by atoms with Crippen LogP contribution < -0.4 is 14.9 Å². The highest BCUT2D eigenvalue weighted by atomic mass is 32.2. The van der Waals surface area contributed by atoms with Crippen molar-refractivity contribution in [1.82, 2.24) is 10.3 Å². The predicted octanol–water partition coefficient (Wildman–Crippen LogP) is 1.12. The number of hydrogen-bond donors (Lipinski definition) is 2. The van der Waals surface area contributed by atoms with E-state index in [0.29, 0.717) is 11.4 Å². The van der Waals surface area contributed by atoms with E-state index in [1.807, 2.05) is 0 Å². The van der Waals surface area contributed by atoms with Crippen LogP contribution in [-0.2, 0) is 26.2 Å². The summed E-state index contributed by atoms with van der Waals surface area (Å²) >= 11 is 0. The lowest BCUT2D eigenvalue weighted by atomic mass is 10.2. The maximum atomic E-state index is 12.2. The van der Waals surface area contributed by atoms with Gasteiger partial charge in [0.15, 0.2) is 0 Å². The predicted molar refractivity (Wildman–Crippen MR) is 99.0 cm³/mol. The second kappa shape index (κ2) is 8.43. The Bertz CT molecular complexity index is 867. The van der Waals surface area contributed by atoms with Crippen LogP contribution >= 0.6 is 0 Å². The monoisotopic (exact) mass is 376 g/mol. The fourth-order valence-corrected chi connectivity index (χ4v) is 3.06. The molecule has 8 nitrogen and oxygen atoms in total. The van der Waals surface area contributed by atoms with E-state index >= 15 is 0 Å². The van der Waals surface area contributed by atoms with Crippen molar-refractivity contribution < 1.29 is 18.0 Å². The van der Waals surface area contributed by atoms with Crippen molar-refractivity contribution in [3.63, 3.8) is 0 Å². The summed E-state index contributed by atoms with van der Waals surface area (Å²) in [5.41, 5.74) is 1.73. The summed E-state index contributed by atoms with van der Waals surface area (Å²) in [6.07, 6.45) is 4.26. The van der Waals surface area contributed by atoms with E-state index in [2.05, 4.69) is 15.6 Å². The number of amides is 2. The number of carbonyl (C=O) groups excluding carboxylic acids is 2. The van der Waals surface area contributed by atoms with Gasteiger partial charge in [0.2, 0.25) is 21.8 Å². The number of carbonyl (C=O) groups is 2. The van der Waals surface area contributed by atoms with Gasteiger partial charge in [0.25, 0.3) is 0 Å². The normalized spacial score (nSPS) is 10.8. The largest absolute Gasteiger partial charge is 0.350 e. The molecule has 0 aliphatic heterocycles. The van der Waals surface area contributed by atoms with Crippen LogP contribution in [0.25, 0.3) is 0 Å². The lowest BCUT2D eigenvalue weighted by Crippen LogP contribution is -2.40. The van der Waals surface area contributed by atoms with Crippen molar-refractivity contribution >= 4 is 33.2 Å². The smallest absolute Gasteiger partial charge is 0.241 e. The Kier molecular flexibility index (Phi) is 6.29. The average molecular weight is 376 g/mol. The molecule has 0 aliphatic rings. The summed E-state index contributed by atoms with van der Waals surface area (Å²) in [5.74, 6) is -0.661. The van der Waals surface area contributed by atoms with Gasteiger partial charge in [-0.25, -0.2) is 8.42 Å². The Balaban J connectivity index is 2.07. The molecule has 1 aromatic carbocycles. The zero-order valence-corrected chi connectivity index (χ0v) is 15.3. The number of nitrogens with zero attached hydrogens (tertiary/aromatic N) is 2. The molecule has 0 saturated carbocycles. The van der Waals surface area contributed by atoms with Gasteiger partial charge in [-0.15, -0.1) is 0 Å². The fraction of sp³-hybridized carbons (Fsp3) is 0.235. The van der Waals surface area contributed by atoms with Crippen LogP contribution in [0.1, 0.15) is 12.5 Å². The van der Waals surface area contributed by atoms with Gasteiger partial charge < -0.3 is 10.6 Å². The van der Waals surface area contributed by atoms with Crippen LogP contribution in [0, 0.1) is 0 Å². The molecule has 2 rings (SSSR count). The number of pyridine rings is 1. The zero-order valence-electron chi connectivity index (χ0n) is 14.5. The van der Waals surface area contributed by atoms with E-state index in [-0.39, 0.29) is 19.0 Å². The second-order valence-corrected chi connectivity index (χ2v) is 7.54. The van der Waals surface area contributed by atoms with Crippen molar-refractivity contribution in [2.75, 3.05) is 22.4 Å². The van der Waals surface area contributed by atoms with Crippen LogP contribution in [0.2, 0.25) is 0 Å². The summed E-state index contributed by atoms with van der Waals surface area (Å²) in [4.78, 5) is 27.1. The Morgan fingerprint density at radius 2 is 1.69 bits per heavy atom. The third kappa shape index (κ3) is 5.85. The van der Waals surface area contributed by atoms with Gasteiger partial charge in [0.05, 0.1) is 11.9 Å². The number of rotatable bonds is 7. The molecule has 0 aliphatic carbocycles. The minimum atomic E-state index is -3.66. The van der Waals surface area contributed by atoms with E-state index < -0.39 is 15.9 Å². The average Bonchev–Trinajstić information content (AvgIpc) is 2.58. The fourth-order valence-electron chi connectivity index (χ4n) is 2.20. The Labute approximate surface area is 152 Å². The number of aromatic nitrogens is 1. The third-order valence-electron chi connectivity index (χ3n) is 3.40. The maximum Gasteiger partial charge on any atom is 0.241 e. The number of anilines is 2. The first-order valence-electron chi connectivity index (χ1n) is 7.76. The second-order valence-electron chi connectivity index (χ2n) is 5.63. The van der Waals surface area contributed by atoms with Crippen LogP contribution in [0.15, 0.2) is 48.8 Å². The van der Waals surface area contributed by atoms with Gasteiger partial charge in [0, 0.05) is 31.5 Å². The third-order valence-corrected chi connectivity index (χ3v) is 4.54. The van der Waals surface area contributed by atoms with Crippen LogP contribution in [-0.4, -0.2) is 38.0 Å². The summed E-state index contributed by atoms with van der Waals surface area (Å²) in [7, 11) is -3.66. The Hall–Kier alpha value is -2.94. The molecular weight excluding hydrogens is 356 g/mol. The van der Waals surface area contributed by atoms with Crippen LogP contribution in [0.5, 0.6) is 0 Å². The standard InChI is InChI=1S/C17H20N4O4S/c1-13(22)20-15-3-5-16(6-4-15)21(26(2,24)25)12-17(23)19-11-14-7-9-18-10-8-14/h3-10H,11-12H2,1-2H3,(H,19,23)(H,20,22). The number of nitrogens with one attached hydrogen (secondary N) is 2. The highest BCUT2D eigenvalue weighted by Gasteiger charge is 2.20. The van der Waals surface area contributed by atoms with Crippen molar-refractivity contribution in [2.45, 2.75) is 13.5 Å².